The van der Waals surface area contributed by atoms with Crippen LogP contribution in [0.15, 0.2) is 72.8 Å². The fraction of sp³-hybridized carbons (Fsp3) is 0.333. The third kappa shape index (κ3) is 9.74. The molecule has 1 aliphatic rings. The van der Waals surface area contributed by atoms with Gasteiger partial charge in [-0.1, -0.05) is 97.1 Å². The van der Waals surface area contributed by atoms with Gasteiger partial charge in [0.05, 0.1) is 0 Å². The monoisotopic (exact) mass is 634 g/mol. The van der Waals surface area contributed by atoms with Gasteiger partial charge in [-0.25, -0.2) is 6.07 Å². The average molecular weight is 637 g/mol. The fourth-order valence-corrected chi connectivity index (χ4v) is 4.96. The van der Waals surface area contributed by atoms with Crippen LogP contribution in [-0.4, -0.2) is 3.71 Å². The number of hydrogen-bond acceptors (Lipinski definition) is 0. The summed E-state index contributed by atoms with van der Waals surface area (Å²) in [5, 5.41) is 0. The van der Waals surface area contributed by atoms with E-state index in [1.54, 1.807) is 0 Å². The molecule has 0 atom stereocenters. The van der Waals surface area contributed by atoms with Gasteiger partial charge in [0.15, 0.2) is 0 Å². The van der Waals surface area contributed by atoms with Crippen molar-refractivity contribution in [2.75, 3.05) is 0 Å². The average Bonchev–Trinajstić information content (AvgIpc) is 3.35. The van der Waals surface area contributed by atoms with Gasteiger partial charge < -0.3 is 24.8 Å². The molecule has 0 aromatic heterocycles. The van der Waals surface area contributed by atoms with Crippen molar-refractivity contribution in [1.82, 2.24) is 0 Å². The van der Waals surface area contributed by atoms with Crippen molar-refractivity contribution in [2.24, 2.45) is 0 Å². The van der Waals surface area contributed by atoms with Crippen LogP contribution in [0.3, 0.4) is 0 Å². The van der Waals surface area contributed by atoms with Crippen molar-refractivity contribution in [3.63, 3.8) is 0 Å². The number of hydrogen-bond donors (Lipinski definition) is 0. The van der Waals surface area contributed by atoms with Gasteiger partial charge in [0.2, 0.25) is 0 Å². The molecule has 0 N–H and O–H groups in total. The molecule has 5 rings (SSSR count). The zero-order valence-electron chi connectivity index (χ0n) is 25.0. The Kier molecular flexibility index (Phi) is 13.4. The first kappa shape index (κ1) is 35.4. The van der Waals surface area contributed by atoms with Gasteiger partial charge in [-0.15, -0.1) is 5.56 Å². The third-order valence-electron chi connectivity index (χ3n) is 7.00. The zero-order valence-corrected chi connectivity index (χ0v) is 28.9. The molecule has 0 bridgehead atoms. The zero-order chi connectivity index (χ0) is 27.4. The van der Waals surface area contributed by atoms with Gasteiger partial charge in [0.25, 0.3) is 0 Å². The Morgan fingerprint density at radius 2 is 1.36 bits per heavy atom. The Bertz CT molecular complexity index is 1270. The molecule has 206 valence electrons. The quantitative estimate of drug-likeness (QED) is 0.248. The number of aryl methyl sites for hydroxylation is 3. The summed E-state index contributed by atoms with van der Waals surface area (Å²) < 4.78 is 2.17. The van der Waals surface area contributed by atoms with Gasteiger partial charge in [0, 0.05) is 0 Å². The van der Waals surface area contributed by atoms with Crippen LogP contribution in [0.4, 0.5) is 0 Å². The predicted molar refractivity (Wildman–Crippen MR) is 159 cm³/mol. The molecule has 0 fully saturated rings. The fourth-order valence-electron chi connectivity index (χ4n) is 4.49. The van der Waals surface area contributed by atoms with E-state index in [4.69, 9.17) is 0 Å². The summed E-state index contributed by atoms with van der Waals surface area (Å²) in [5.74, 6) is 0. The topological polar surface area (TPSA) is 0 Å². The normalized spacial score (nSPS) is 11.4. The molecule has 0 saturated carbocycles. The maximum absolute atomic E-state index is 3.53. The maximum atomic E-state index is 3.53. The van der Waals surface area contributed by atoms with Crippen LogP contribution >= 0.6 is 0 Å². The first-order valence-corrected chi connectivity index (χ1v) is 14.7. The summed E-state index contributed by atoms with van der Waals surface area (Å²) in [4.78, 5) is 0. The Morgan fingerprint density at radius 1 is 0.769 bits per heavy atom. The molecule has 4 aromatic carbocycles. The van der Waals surface area contributed by atoms with Crippen molar-refractivity contribution in [1.29, 1.82) is 0 Å². The number of halogens is 2. The predicted octanol–water partition coefficient (Wildman–Crippen LogP) is 3.38. The molecule has 0 saturated heterocycles. The van der Waals surface area contributed by atoms with Crippen LogP contribution in [0.1, 0.15) is 86.1 Å². The minimum atomic E-state index is 0. The Hall–Kier alpha value is -1.66. The van der Waals surface area contributed by atoms with Gasteiger partial charge in [-0.2, -0.15) is 52.1 Å². The molecule has 0 spiro atoms. The molecule has 0 nitrogen and oxygen atoms in total. The van der Waals surface area contributed by atoms with E-state index in [0.717, 1.165) is 6.42 Å². The second-order valence-electron chi connectivity index (χ2n) is 12.3. The second kappa shape index (κ2) is 14.8. The first-order chi connectivity index (χ1) is 17.3. The van der Waals surface area contributed by atoms with E-state index in [2.05, 4.69) is 139 Å². The van der Waals surface area contributed by atoms with Gasteiger partial charge in [-0.3, -0.25) is 0 Å². The summed E-state index contributed by atoms with van der Waals surface area (Å²) in [7, 11) is 0. The van der Waals surface area contributed by atoms with Crippen LogP contribution in [-0.2, 0) is 41.5 Å². The van der Waals surface area contributed by atoms with Crippen molar-refractivity contribution in [2.45, 2.75) is 79.6 Å². The van der Waals surface area contributed by atoms with Gasteiger partial charge in [0.1, 0.15) is 0 Å². The summed E-state index contributed by atoms with van der Waals surface area (Å²) in [6.45, 7) is 20.1. The minimum absolute atomic E-state index is 0. The van der Waals surface area contributed by atoms with Crippen molar-refractivity contribution in [3.8, 4) is 11.1 Å². The van der Waals surface area contributed by atoms with E-state index in [9.17, 15) is 0 Å². The Morgan fingerprint density at radius 3 is 1.79 bits per heavy atom. The molecule has 0 radical (unpaired) electrons. The molecule has 0 aliphatic heterocycles. The van der Waals surface area contributed by atoms with Crippen molar-refractivity contribution < 1.29 is 49.0 Å². The second-order valence-corrected chi connectivity index (χ2v) is 13.0. The van der Waals surface area contributed by atoms with Crippen LogP contribution in [0, 0.1) is 26.8 Å². The van der Waals surface area contributed by atoms with E-state index in [-0.39, 0.29) is 35.6 Å². The van der Waals surface area contributed by atoms with Crippen LogP contribution < -0.4 is 24.8 Å². The summed E-state index contributed by atoms with van der Waals surface area (Å²) in [6, 6.07) is 29.8. The number of fused-ring (bicyclic) bond motifs is 3. The van der Waals surface area contributed by atoms with Crippen LogP contribution in [0.25, 0.3) is 11.1 Å². The first-order valence-electron chi connectivity index (χ1n) is 13.2. The summed E-state index contributed by atoms with van der Waals surface area (Å²) >= 11 is 1.46. The van der Waals surface area contributed by atoms with Crippen molar-refractivity contribution in [3.05, 3.63) is 123 Å². The van der Waals surface area contributed by atoms with E-state index in [1.807, 2.05) is 6.07 Å². The van der Waals surface area contributed by atoms with E-state index in [0.29, 0.717) is 0 Å². The Balaban J connectivity index is 0.000000350. The SMILES string of the molecule is CC(C)(C)c1c[c-]c2c(c1)-c1cc(C(C)(C)C)ccc1C2.Cc1cc(C)c(C)[cH-]1.[Cl-].[Cl-].[Zr+2]=[CH]c1ccccc1. The number of benzene rings is 3. The molecule has 39 heavy (non-hydrogen) atoms. The molecule has 0 unspecified atom stereocenters. The standard InChI is InChI=1S/C21H25.C8H11.C7H6.2ClH.Zr/c1-20(2,3)16-9-7-14-11-15-8-10-17(21(4,5)6)13-19(15)18(14)12-16;1-6-4-7(2)8(3)5-6;1-7-5-3-2-4-6-7;;;/h7,9-10,12-13H,11H2,1-6H3;4-5H,1-3H3;1-6H;2*1H;/q2*-1;;;;+2/p-2. The molecule has 0 amide bonds. The Labute approximate surface area is 265 Å². The van der Waals surface area contributed by atoms with Gasteiger partial charge in [-0.05, 0) is 17.4 Å². The van der Waals surface area contributed by atoms with E-state index >= 15 is 0 Å². The molecular formula is C36H42Cl2Zr-2. The van der Waals surface area contributed by atoms with Crippen LogP contribution in [0.5, 0.6) is 0 Å². The number of rotatable bonds is 1. The molecule has 1 aliphatic carbocycles. The van der Waals surface area contributed by atoms with Crippen LogP contribution in [0.2, 0.25) is 0 Å². The molecular weight excluding hydrogens is 595 g/mol. The molecule has 3 heteroatoms. The summed E-state index contributed by atoms with van der Waals surface area (Å²) in [6.07, 6.45) is 1.03. The van der Waals surface area contributed by atoms with E-state index in [1.165, 1.54) is 79.9 Å². The summed E-state index contributed by atoms with van der Waals surface area (Å²) in [5.41, 5.74) is 14.3. The van der Waals surface area contributed by atoms with Crippen molar-refractivity contribution >= 4 is 3.71 Å². The molecule has 4 aromatic rings. The third-order valence-corrected chi connectivity index (χ3v) is 7.82. The van der Waals surface area contributed by atoms with E-state index < -0.39 is 0 Å². The van der Waals surface area contributed by atoms with Gasteiger partial charge >= 0.3 is 63.8 Å². The molecule has 0 heterocycles.